The molecule has 0 aliphatic heterocycles. The monoisotopic (exact) mass is 206 g/mol. The maximum atomic E-state index is 13.3. The van der Waals surface area contributed by atoms with E-state index in [2.05, 4.69) is 10.3 Å². The predicted molar refractivity (Wildman–Crippen MR) is 56.3 cm³/mol. The molecule has 2 rings (SSSR count). The lowest BCUT2D eigenvalue weighted by Gasteiger charge is -1.96. The lowest BCUT2D eigenvalue weighted by molar-refractivity contribution is 0.0951. The summed E-state index contributed by atoms with van der Waals surface area (Å²) in [5.41, 5.74) is 1.02. The van der Waals surface area contributed by atoms with Crippen LogP contribution in [0.3, 0.4) is 0 Å². The largest absolute Gasteiger partial charge is 0.351 e. The molecule has 2 aromatic rings. The highest BCUT2D eigenvalue weighted by Gasteiger charge is 2.10. The van der Waals surface area contributed by atoms with Crippen LogP contribution in [0.4, 0.5) is 4.39 Å². The summed E-state index contributed by atoms with van der Waals surface area (Å²) in [5, 5.41) is 3.09. The van der Waals surface area contributed by atoms with Crippen LogP contribution in [0.1, 0.15) is 17.4 Å². The second kappa shape index (κ2) is 3.73. The molecular formula is C11H11FN2O. The maximum Gasteiger partial charge on any atom is 0.267 e. The molecule has 0 atom stereocenters. The van der Waals surface area contributed by atoms with E-state index in [1.165, 1.54) is 12.1 Å². The Kier molecular flexibility index (Phi) is 2.41. The van der Waals surface area contributed by atoms with Gasteiger partial charge in [0.25, 0.3) is 5.91 Å². The van der Waals surface area contributed by atoms with Crippen molar-refractivity contribution in [2.45, 2.75) is 6.92 Å². The Labute approximate surface area is 86.3 Å². The van der Waals surface area contributed by atoms with Crippen molar-refractivity contribution in [3.63, 3.8) is 0 Å². The summed E-state index contributed by atoms with van der Waals surface area (Å²) in [7, 11) is 0. The summed E-state index contributed by atoms with van der Waals surface area (Å²) in [6, 6.07) is 6.24. The minimum absolute atomic E-state index is 0.215. The molecule has 4 heteroatoms. The number of carbonyl (C=O) groups is 1. The van der Waals surface area contributed by atoms with Gasteiger partial charge in [0, 0.05) is 17.4 Å². The first-order chi connectivity index (χ1) is 7.22. The number of halogens is 1. The van der Waals surface area contributed by atoms with Gasteiger partial charge in [-0.1, -0.05) is 6.07 Å². The summed E-state index contributed by atoms with van der Waals surface area (Å²) < 4.78 is 13.3. The fraction of sp³-hybridized carbons (Fsp3) is 0.182. The van der Waals surface area contributed by atoms with Crippen LogP contribution in [0.5, 0.6) is 0 Å². The zero-order chi connectivity index (χ0) is 10.8. The van der Waals surface area contributed by atoms with Crippen molar-refractivity contribution in [2.24, 2.45) is 0 Å². The number of carbonyl (C=O) groups excluding carboxylic acids is 1. The van der Waals surface area contributed by atoms with E-state index in [1.807, 2.05) is 6.92 Å². The van der Waals surface area contributed by atoms with Gasteiger partial charge in [-0.3, -0.25) is 4.79 Å². The number of benzene rings is 1. The molecule has 0 unspecified atom stereocenters. The average molecular weight is 206 g/mol. The molecule has 0 radical (unpaired) electrons. The number of aromatic nitrogens is 1. The van der Waals surface area contributed by atoms with E-state index in [4.69, 9.17) is 0 Å². The highest BCUT2D eigenvalue weighted by atomic mass is 19.1. The van der Waals surface area contributed by atoms with Gasteiger partial charge in [-0.25, -0.2) is 4.39 Å². The minimum Gasteiger partial charge on any atom is -0.351 e. The van der Waals surface area contributed by atoms with Crippen LogP contribution >= 0.6 is 0 Å². The number of fused-ring (bicyclic) bond motifs is 1. The van der Waals surface area contributed by atoms with Crippen molar-refractivity contribution < 1.29 is 9.18 Å². The molecule has 1 amide bonds. The maximum absolute atomic E-state index is 13.3. The predicted octanol–water partition coefficient (Wildman–Crippen LogP) is 2.06. The van der Waals surface area contributed by atoms with Crippen LogP contribution in [-0.4, -0.2) is 17.4 Å². The van der Waals surface area contributed by atoms with E-state index in [-0.39, 0.29) is 11.7 Å². The summed E-state index contributed by atoms with van der Waals surface area (Å²) in [6.45, 7) is 2.39. The van der Waals surface area contributed by atoms with E-state index < -0.39 is 0 Å². The molecule has 0 fully saturated rings. The molecule has 15 heavy (non-hydrogen) atoms. The standard InChI is InChI=1S/C11H11FN2O/c1-2-13-11(15)10-6-7-8(12)4-3-5-9(7)14-10/h3-6,14H,2H2,1H3,(H,13,15). The highest BCUT2D eigenvalue weighted by Crippen LogP contribution is 2.18. The van der Waals surface area contributed by atoms with Crippen molar-refractivity contribution in [1.29, 1.82) is 0 Å². The van der Waals surface area contributed by atoms with Gasteiger partial charge in [0.2, 0.25) is 0 Å². The Hall–Kier alpha value is -1.84. The molecule has 1 aromatic carbocycles. The first-order valence-corrected chi connectivity index (χ1v) is 4.78. The van der Waals surface area contributed by atoms with Crippen molar-refractivity contribution in [3.8, 4) is 0 Å². The van der Waals surface area contributed by atoms with E-state index in [9.17, 15) is 9.18 Å². The highest BCUT2D eigenvalue weighted by molar-refractivity contribution is 5.98. The number of hydrogen-bond donors (Lipinski definition) is 2. The number of rotatable bonds is 2. The fourth-order valence-electron chi connectivity index (χ4n) is 1.50. The van der Waals surface area contributed by atoms with Gasteiger partial charge >= 0.3 is 0 Å². The number of amides is 1. The van der Waals surface area contributed by atoms with Crippen molar-refractivity contribution >= 4 is 16.8 Å². The molecule has 0 aliphatic rings. The number of nitrogens with one attached hydrogen (secondary N) is 2. The first kappa shape index (κ1) is 9.71. The molecule has 0 saturated heterocycles. The lowest BCUT2D eigenvalue weighted by Crippen LogP contribution is -2.22. The molecule has 1 heterocycles. The summed E-state index contributed by atoms with van der Waals surface area (Å²) in [4.78, 5) is 14.3. The summed E-state index contributed by atoms with van der Waals surface area (Å²) in [5.74, 6) is -0.535. The number of H-pyrrole nitrogens is 1. The second-order valence-corrected chi connectivity index (χ2v) is 3.24. The quantitative estimate of drug-likeness (QED) is 0.776. The Morgan fingerprint density at radius 3 is 3.00 bits per heavy atom. The van der Waals surface area contributed by atoms with Gasteiger partial charge in [-0.2, -0.15) is 0 Å². The van der Waals surface area contributed by atoms with Gasteiger partial charge in [0.05, 0.1) is 0 Å². The third-order valence-electron chi connectivity index (χ3n) is 2.19. The lowest BCUT2D eigenvalue weighted by atomic mass is 10.2. The SMILES string of the molecule is CCNC(=O)c1cc2c(F)cccc2[nH]1. The smallest absolute Gasteiger partial charge is 0.267 e. The Morgan fingerprint density at radius 2 is 2.33 bits per heavy atom. The zero-order valence-electron chi connectivity index (χ0n) is 8.30. The first-order valence-electron chi connectivity index (χ1n) is 4.78. The summed E-state index contributed by atoms with van der Waals surface area (Å²) in [6.07, 6.45) is 0. The van der Waals surface area contributed by atoms with E-state index >= 15 is 0 Å². The summed E-state index contributed by atoms with van der Waals surface area (Å²) >= 11 is 0. The molecule has 78 valence electrons. The van der Waals surface area contributed by atoms with Crippen LogP contribution in [0.2, 0.25) is 0 Å². The molecule has 3 nitrogen and oxygen atoms in total. The Balaban J connectivity index is 2.47. The molecule has 1 aromatic heterocycles. The van der Waals surface area contributed by atoms with Gasteiger partial charge in [0.15, 0.2) is 0 Å². The van der Waals surface area contributed by atoms with E-state index in [0.717, 1.165) is 0 Å². The Bertz CT molecular complexity index is 504. The van der Waals surface area contributed by atoms with Crippen LogP contribution < -0.4 is 5.32 Å². The van der Waals surface area contributed by atoms with Crippen LogP contribution in [0, 0.1) is 5.82 Å². The van der Waals surface area contributed by atoms with Crippen molar-refractivity contribution in [1.82, 2.24) is 10.3 Å². The van der Waals surface area contributed by atoms with Gasteiger partial charge < -0.3 is 10.3 Å². The third-order valence-corrected chi connectivity index (χ3v) is 2.19. The second-order valence-electron chi connectivity index (χ2n) is 3.24. The van der Waals surface area contributed by atoms with Crippen LogP contribution in [0.15, 0.2) is 24.3 Å². The molecule has 0 bridgehead atoms. The molecule has 2 N–H and O–H groups in total. The molecule has 0 aliphatic carbocycles. The topological polar surface area (TPSA) is 44.9 Å². The minimum atomic E-state index is -0.320. The molecule has 0 saturated carbocycles. The number of hydrogen-bond acceptors (Lipinski definition) is 1. The average Bonchev–Trinajstić information content (AvgIpc) is 2.63. The van der Waals surface area contributed by atoms with Gasteiger partial charge in [0.1, 0.15) is 11.5 Å². The van der Waals surface area contributed by atoms with Crippen LogP contribution in [0.25, 0.3) is 10.9 Å². The fourth-order valence-corrected chi connectivity index (χ4v) is 1.50. The molecular weight excluding hydrogens is 195 g/mol. The Morgan fingerprint density at radius 1 is 1.53 bits per heavy atom. The van der Waals surface area contributed by atoms with Gasteiger partial charge in [-0.05, 0) is 25.1 Å². The number of aromatic amines is 1. The normalized spacial score (nSPS) is 10.5. The zero-order valence-corrected chi connectivity index (χ0v) is 8.30. The van der Waals surface area contributed by atoms with Crippen molar-refractivity contribution in [3.05, 3.63) is 35.8 Å². The third kappa shape index (κ3) is 1.70. The molecule has 0 spiro atoms. The van der Waals surface area contributed by atoms with Crippen LogP contribution in [-0.2, 0) is 0 Å². The van der Waals surface area contributed by atoms with E-state index in [1.54, 1.807) is 12.1 Å². The van der Waals surface area contributed by atoms with Gasteiger partial charge in [-0.15, -0.1) is 0 Å². The van der Waals surface area contributed by atoms with E-state index in [0.29, 0.717) is 23.1 Å². The van der Waals surface area contributed by atoms with Crippen molar-refractivity contribution in [2.75, 3.05) is 6.54 Å².